The third-order valence-corrected chi connectivity index (χ3v) is 6.75. The summed E-state index contributed by atoms with van der Waals surface area (Å²) in [4.78, 5) is 29.8. The Balaban J connectivity index is 1.41. The van der Waals surface area contributed by atoms with Crippen LogP contribution >= 0.6 is 0 Å². The Kier molecular flexibility index (Phi) is 6.21. The van der Waals surface area contributed by atoms with Gasteiger partial charge in [0.15, 0.2) is 0 Å². The molecule has 5 rings (SSSR count). The van der Waals surface area contributed by atoms with Crippen molar-refractivity contribution in [1.82, 2.24) is 9.80 Å². The maximum absolute atomic E-state index is 13.5. The zero-order valence-corrected chi connectivity index (χ0v) is 19.2. The molecule has 0 aromatic heterocycles. The molecule has 2 aliphatic rings. The minimum atomic E-state index is -0.533. The fourth-order valence-electron chi connectivity index (χ4n) is 4.99. The number of cyclic esters (lactones) is 1. The third-order valence-electron chi connectivity index (χ3n) is 6.75. The van der Waals surface area contributed by atoms with E-state index < -0.39 is 12.1 Å². The molecule has 0 N–H and O–H groups in total. The molecule has 1 unspecified atom stereocenters. The molecule has 34 heavy (non-hydrogen) atoms. The monoisotopic (exact) mass is 456 g/mol. The van der Waals surface area contributed by atoms with E-state index in [9.17, 15) is 9.59 Å². The van der Waals surface area contributed by atoms with Crippen LogP contribution in [0.3, 0.4) is 0 Å². The van der Waals surface area contributed by atoms with Gasteiger partial charge in [0, 0.05) is 6.54 Å². The molecule has 2 fully saturated rings. The Morgan fingerprint density at radius 3 is 2.35 bits per heavy atom. The van der Waals surface area contributed by atoms with Crippen LogP contribution in [0, 0.1) is 0 Å². The first-order valence-electron chi connectivity index (χ1n) is 11.6. The molecule has 0 bridgehead atoms. The number of hydrogen-bond acceptors (Lipinski definition) is 4. The molecule has 2 amide bonds. The molecule has 2 aliphatic heterocycles. The average Bonchev–Trinajstić information content (AvgIpc) is 3.26. The van der Waals surface area contributed by atoms with Crippen LogP contribution in [0.2, 0.25) is 0 Å². The number of amides is 2. The van der Waals surface area contributed by atoms with E-state index in [1.807, 2.05) is 83.8 Å². The van der Waals surface area contributed by atoms with Crippen molar-refractivity contribution < 1.29 is 19.1 Å². The normalized spacial score (nSPS) is 21.9. The highest BCUT2D eigenvalue weighted by Gasteiger charge is 2.55. The lowest BCUT2D eigenvalue weighted by atomic mass is 9.86. The SMILES string of the molecule is COc1cccc(CC[C@@H]2[C@H](N3C(=O)OCC3c3ccccc3)C(=O)N2Cc2ccccc2)c1. The van der Waals surface area contributed by atoms with E-state index in [1.165, 1.54) is 0 Å². The predicted octanol–water partition coefficient (Wildman–Crippen LogP) is 4.60. The molecule has 0 spiro atoms. The van der Waals surface area contributed by atoms with Crippen molar-refractivity contribution >= 4 is 12.0 Å². The van der Waals surface area contributed by atoms with E-state index in [1.54, 1.807) is 12.0 Å². The molecule has 3 aromatic carbocycles. The maximum Gasteiger partial charge on any atom is 0.411 e. The van der Waals surface area contributed by atoms with Crippen LogP contribution < -0.4 is 4.74 Å². The number of methoxy groups -OCH3 is 1. The van der Waals surface area contributed by atoms with Crippen molar-refractivity contribution in [3.63, 3.8) is 0 Å². The van der Waals surface area contributed by atoms with E-state index in [-0.39, 0.29) is 24.6 Å². The Morgan fingerprint density at radius 2 is 1.62 bits per heavy atom. The molecule has 0 radical (unpaired) electrons. The van der Waals surface area contributed by atoms with Crippen molar-refractivity contribution in [3.8, 4) is 5.75 Å². The van der Waals surface area contributed by atoms with E-state index in [4.69, 9.17) is 9.47 Å². The number of nitrogens with zero attached hydrogens (tertiary/aromatic N) is 2. The van der Waals surface area contributed by atoms with E-state index >= 15 is 0 Å². The summed E-state index contributed by atoms with van der Waals surface area (Å²) in [7, 11) is 1.66. The first-order valence-corrected chi connectivity index (χ1v) is 11.6. The zero-order chi connectivity index (χ0) is 23.5. The second-order valence-corrected chi connectivity index (χ2v) is 8.76. The summed E-state index contributed by atoms with van der Waals surface area (Å²) in [6.45, 7) is 0.783. The summed E-state index contributed by atoms with van der Waals surface area (Å²) in [5.74, 6) is 0.784. The predicted molar refractivity (Wildman–Crippen MR) is 128 cm³/mol. The molecule has 0 saturated carbocycles. The van der Waals surface area contributed by atoms with Crippen LogP contribution in [-0.4, -0.2) is 47.6 Å². The van der Waals surface area contributed by atoms with E-state index in [0.29, 0.717) is 6.54 Å². The number of hydrogen-bond donors (Lipinski definition) is 0. The lowest BCUT2D eigenvalue weighted by molar-refractivity contribution is -0.159. The molecule has 174 valence electrons. The molecule has 3 aromatic rings. The smallest absolute Gasteiger partial charge is 0.411 e. The van der Waals surface area contributed by atoms with Crippen molar-refractivity contribution in [2.24, 2.45) is 0 Å². The number of carbonyl (C=O) groups excluding carboxylic acids is 2. The summed E-state index contributed by atoms with van der Waals surface area (Å²) in [5, 5.41) is 0. The van der Waals surface area contributed by atoms with Crippen molar-refractivity contribution in [1.29, 1.82) is 0 Å². The van der Waals surface area contributed by atoms with Crippen LogP contribution in [0.5, 0.6) is 5.75 Å². The highest BCUT2D eigenvalue weighted by Crippen LogP contribution is 2.38. The number of aryl methyl sites for hydroxylation is 1. The Morgan fingerprint density at radius 1 is 0.912 bits per heavy atom. The highest BCUT2D eigenvalue weighted by molar-refractivity contribution is 5.93. The van der Waals surface area contributed by atoms with Gasteiger partial charge in [0.05, 0.1) is 19.2 Å². The van der Waals surface area contributed by atoms with Gasteiger partial charge < -0.3 is 14.4 Å². The highest BCUT2D eigenvalue weighted by atomic mass is 16.6. The van der Waals surface area contributed by atoms with Crippen LogP contribution in [0.4, 0.5) is 4.79 Å². The molecule has 3 atom stereocenters. The van der Waals surface area contributed by atoms with Gasteiger partial charge in [-0.05, 0) is 41.7 Å². The summed E-state index contributed by atoms with van der Waals surface area (Å²) in [6, 6.07) is 26.9. The van der Waals surface area contributed by atoms with Crippen molar-refractivity contribution in [2.45, 2.75) is 37.5 Å². The largest absolute Gasteiger partial charge is 0.497 e. The first kappa shape index (κ1) is 22.0. The first-order chi connectivity index (χ1) is 16.7. The molecule has 0 aliphatic carbocycles. The van der Waals surface area contributed by atoms with Gasteiger partial charge in [-0.25, -0.2) is 4.79 Å². The molecule has 6 nitrogen and oxygen atoms in total. The quantitative estimate of drug-likeness (QED) is 0.465. The molecular weight excluding hydrogens is 428 g/mol. The third kappa shape index (κ3) is 4.23. The Bertz CT molecular complexity index is 1150. The van der Waals surface area contributed by atoms with Gasteiger partial charge in [0.2, 0.25) is 5.91 Å². The van der Waals surface area contributed by atoms with Gasteiger partial charge in [-0.15, -0.1) is 0 Å². The fourth-order valence-corrected chi connectivity index (χ4v) is 4.99. The number of ether oxygens (including phenoxy) is 2. The second-order valence-electron chi connectivity index (χ2n) is 8.76. The number of rotatable bonds is 8. The fraction of sp³-hybridized carbons (Fsp3) is 0.286. The number of benzene rings is 3. The zero-order valence-electron chi connectivity index (χ0n) is 19.2. The standard InChI is InChI=1S/C28H28N2O4/c1-33-23-14-8-11-20(17-23)15-16-24-26(27(31)29(24)18-21-9-4-2-5-10-21)30-25(19-34-28(30)32)22-12-6-3-7-13-22/h2-14,17,24-26H,15-16,18-19H2,1H3/t24-,25?,26+/m1/s1. The number of likely N-dealkylation sites (tertiary alicyclic amines) is 1. The lowest BCUT2D eigenvalue weighted by Crippen LogP contribution is -2.70. The van der Waals surface area contributed by atoms with Gasteiger partial charge in [-0.2, -0.15) is 0 Å². The van der Waals surface area contributed by atoms with Gasteiger partial charge in [-0.3, -0.25) is 9.69 Å². The summed E-state index contributed by atoms with van der Waals surface area (Å²) in [5.41, 5.74) is 3.19. The Hall–Kier alpha value is -3.80. The molecular formula is C28H28N2O4. The van der Waals surface area contributed by atoms with Crippen LogP contribution in [0.1, 0.15) is 29.2 Å². The summed E-state index contributed by atoms with van der Waals surface area (Å²) in [6.07, 6.45) is 1.09. The molecule has 2 saturated heterocycles. The van der Waals surface area contributed by atoms with E-state index in [2.05, 4.69) is 6.07 Å². The minimum absolute atomic E-state index is 0.0284. The molecule has 2 heterocycles. The van der Waals surface area contributed by atoms with Crippen LogP contribution in [0.15, 0.2) is 84.9 Å². The number of carbonyl (C=O) groups is 2. The Labute approximate surface area is 199 Å². The minimum Gasteiger partial charge on any atom is -0.497 e. The summed E-state index contributed by atoms with van der Waals surface area (Å²) < 4.78 is 10.8. The van der Waals surface area contributed by atoms with Gasteiger partial charge >= 0.3 is 6.09 Å². The van der Waals surface area contributed by atoms with Crippen molar-refractivity contribution in [3.05, 3.63) is 102 Å². The van der Waals surface area contributed by atoms with Crippen LogP contribution in [0.25, 0.3) is 0 Å². The van der Waals surface area contributed by atoms with E-state index in [0.717, 1.165) is 35.3 Å². The number of β-lactam (4-membered cyclic amide) rings is 1. The van der Waals surface area contributed by atoms with Crippen LogP contribution in [-0.2, 0) is 22.5 Å². The summed E-state index contributed by atoms with van der Waals surface area (Å²) >= 11 is 0. The average molecular weight is 457 g/mol. The lowest BCUT2D eigenvalue weighted by Gasteiger charge is -2.51. The van der Waals surface area contributed by atoms with Crippen molar-refractivity contribution in [2.75, 3.05) is 13.7 Å². The van der Waals surface area contributed by atoms with Gasteiger partial charge in [-0.1, -0.05) is 72.8 Å². The second kappa shape index (κ2) is 9.59. The topological polar surface area (TPSA) is 59.1 Å². The maximum atomic E-state index is 13.5. The van der Waals surface area contributed by atoms with Gasteiger partial charge in [0.25, 0.3) is 0 Å². The van der Waals surface area contributed by atoms with Gasteiger partial charge in [0.1, 0.15) is 18.4 Å². The molecule has 6 heteroatoms.